The molecule has 0 radical (unpaired) electrons. The van der Waals surface area contributed by atoms with E-state index in [9.17, 15) is 9.50 Å². The number of benzene rings is 1. The fourth-order valence-corrected chi connectivity index (χ4v) is 2.29. The smallest absolute Gasteiger partial charge is 0.129 e. The van der Waals surface area contributed by atoms with Gasteiger partial charge in [0, 0.05) is 31.8 Å². The second kappa shape index (κ2) is 7.72. The predicted octanol–water partition coefficient (Wildman–Crippen LogP) is 2.59. The Morgan fingerprint density at radius 3 is 2.45 bits per heavy atom. The lowest BCUT2D eigenvalue weighted by Crippen LogP contribution is -2.37. The zero-order valence-electron chi connectivity index (χ0n) is 12.6. The van der Waals surface area contributed by atoms with E-state index in [0.29, 0.717) is 25.1 Å². The molecule has 3 nitrogen and oxygen atoms in total. The van der Waals surface area contributed by atoms with Crippen LogP contribution in [0, 0.1) is 11.2 Å². The van der Waals surface area contributed by atoms with Crippen molar-refractivity contribution in [2.24, 2.45) is 5.41 Å². The van der Waals surface area contributed by atoms with E-state index in [4.69, 9.17) is 5.11 Å². The van der Waals surface area contributed by atoms with Gasteiger partial charge in [0.25, 0.3) is 0 Å². The Kier molecular flexibility index (Phi) is 6.59. The van der Waals surface area contributed by atoms with Gasteiger partial charge in [-0.25, -0.2) is 4.39 Å². The zero-order chi connectivity index (χ0) is 15.2. The highest BCUT2D eigenvalue weighted by Crippen LogP contribution is 2.21. The summed E-state index contributed by atoms with van der Waals surface area (Å²) in [6.45, 7) is 8.34. The molecule has 1 aromatic rings. The summed E-state index contributed by atoms with van der Waals surface area (Å²) >= 11 is 0. The molecule has 2 N–H and O–H groups in total. The van der Waals surface area contributed by atoms with Crippen LogP contribution < -0.4 is 0 Å². The van der Waals surface area contributed by atoms with Crippen molar-refractivity contribution < 1.29 is 14.6 Å². The van der Waals surface area contributed by atoms with Crippen LogP contribution in [0.25, 0.3) is 0 Å². The van der Waals surface area contributed by atoms with Crippen molar-refractivity contribution in [3.63, 3.8) is 0 Å². The molecule has 0 bridgehead atoms. The highest BCUT2D eigenvalue weighted by atomic mass is 19.1. The van der Waals surface area contributed by atoms with Crippen molar-refractivity contribution in [1.29, 1.82) is 0 Å². The Balaban J connectivity index is 2.70. The molecule has 0 saturated heterocycles. The topological polar surface area (TPSA) is 43.7 Å². The summed E-state index contributed by atoms with van der Waals surface area (Å²) in [6.07, 6.45) is -0.197. The average molecular weight is 283 g/mol. The minimum absolute atomic E-state index is 0.0877. The molecular weight excluding hydrogens is 257 g/mol. The molecule has 0 aliphatic carbocycles. The molecule has 1 rings (SSSR count). The van der Waals surface area contributed by atoms with E-state index in [1.54, 1.807) is 18.2 Å². The first-order valence-corrected chi connectivity index (χ1v) is 7.09. The molecule has 0 heterocycles. The molecule has 1 aromatic carbocycles. The number of halogens is 1. The average Bonchev–Trinajstić information content (AvgIpc) is 2.34. The third-order valence-electron chi connectivity index (χ3n) is 3.03. The van der Waals surface area contributed by atoms with E-state index >= 15 is 0 Å². The standard InChI is InChI=1S/C16H26FNO2/c1-16(2,3)12-18(9-6-10-19)11-15(20)13-7-4-5-8-14(13)17/h4-5,7-8,15,19-20H,6,9-12H2,1-3H3. The van der Waals surface area contributed by atoms with E-state index in [1.165, 1.54) is 6.07 Å². The lowest BCUT2D eigenvalue weighted by Gasteiger charge is -2.31. The van der Waals surface area contributed by atoms with Crippen LogP contribution in [0.3, 0.4) is 0 Å². The Labute approximate surface area is 121 Å². The van der Waals surface area contributed by atoms with E-state index in [-0.39, 0.29) is 17.8 Å². The lowest BCUT2D eigenvalue weighted by molar-refractivity contribution is 0.0848. The fraction of sp³-hybridized carbons (Fsp3) is 0.625. The molecule has 0 aliphatic rings. The Morgan fingerprint density at radius 2 is 1.90 bits per heavy atom. The third kappa shape index (κ3) is 5.99. The Morgan fingerprint density at radius 1 is 1.25 bits per heavy atom. The van der Waals surface area contributed by atoms with Gasteiger partial charge in [-0.2, -0.15) is 0 Å². The van der Waals surface area contributed by atoms with Gasteiger partial charge >= 0.3 is 0 Å². The molecule has 0 saturated carbocycles. The third-order valence-corrected chi connectivity index (χ3v) is 3.03. The van der Waals surface area contributed by atoms with Crippen LogP contribution in [0.15, 0.2) is 24.3 Å². The van der Waals surface area contributed by atoms with E-state index < -0.39 is 6.10 Å². The molecule has 20 heavy (non-hydrogen) atoms. The molecule has 1 unspecified atom stereocenters. The van der Waals surface area contributed by atoms with Gasteiger partial charge in [0.15, 0.2) is 0 Å². The summed E-state index contributed by atoms with van der Waals surface area (Å²) in [5, 5.41) is 19.2. The van der Waals surface area contributed by atoms with Gasteiger partial charge in [0.2, 0.25) is 0 Å². The quantitative estimate of drug-likeness (QED) is 0.808. The highest BCUT2D eigenvalue weighted by Gasteiger charge is 2.20. The predicted molar refractivity (Wildman–Crippen MR) is 79.0 cm³/mol. The van der Waals surface area contributed by atoms with Crippen LogP contribution in [-0.2, 0) is 0 Å². The second-order valence-electron chi connectivity index (χ2n) is 6.41. The minimum Gasteiger partial charge on any atom is -0.396 e. The normalized spacial score (nSPS) is 13.8. The molecule has 0 aromatic heterocycles. The van der Waals surface area contributed by atoms with Gasteiger partial charge in [-0.15, -0.1) is 0 Å². The first-order chi connectivity index (χ1) is 9.33. The number of hydrogen-bond donors (Lipinski definition) is 2. The molecule has 4 heteroatoms. The van der Waals surface area contributed by atoms with Crippen LogP contribution in [-0.4, -0.2) is 41.4 Å². The van der Waals surface area contributed by atoms with E-state index in [0.717, 1.165) is 6.54 Å². The second-order valence-corrected chi connectivity index (χ2v) is 6.41. The first kappa shape index (κ1) is 17.1. The van der Waals surface area contributed by atoms with Crippen LogP contribution in [0.2, 0.25) is 0 Å². The minimum atomic E-state index is -0.850. The van der Waals surface area contributed by atoms with Gasteiger partial charge in [0.05, 0.1) is 6.10 Å². The maximum absolute atomic E-state index is 13.7. The summed E-state index contributed by atoms with van der Waals surface area (Å²) in [6, 6.07) is 6.31. The van der Waals surface area contributed by atoms with Gasteiger partial charge in [-0.05, 0) is 17.9 Å². The van der Waals surface area contributed by atoms with Crippen molar-refractivity contribution in [2.45, 2.75) is 33.3 Å². The van der Waals surface area contributed by atoms with Crippen LogP contribution >= 0.6 is 0 Å². The molecule has 0 aliphatic heterocycles. The summed E-state index contributed by atoms with van der Waals surface area (Å²) in [7, 11) is 0. The van der Waals surface area contributed by atoms with Crippen molar-refractivity contribution in [3.8, 4) is 0 Å². The zero-order valence-corrected chi connectivity index (χ0v) is 12.6. The summed E-state index contributed by atoms with van der Waals surface area (Å²) in [5.41, 5.74) is 0.417. The summed E-state index contributed by atoms with van der Waals surface area (Å²) in [5.74, 6) is -0.377. The van der Waals surface area contributed by atoms with Crippen LogP contribution in [0.1, 0.15) is 38.9 Å². The van der Waals surface area contributed by atoms with Crippen molar-refractivity contribution in [3.05, 3.63) is 35.6 Å². The fourth-order valence-electron chi connectivity index (χ4n) is 2.29. The van der Waals surface area contributed by atoms with Crippen molar-refractivity contribution in [2.75, 3.05) is 26.2 Å². The van der Waals surface area contributed by atoms with E-state index in [1.807, 2.05) is 0 Å². The number of aliphatic hydroxyl groups excluding tert-OH is 2. The summed E-state index contributed by atoms with van der Waals surface area (Å²) in [4.78, 5) is 2.08. The maximum atomic E-state index is 13.7. The SMILES string of the molecule is CC(C)(C)CN(CCCO)CC(O)c1ccccc1F. The number of hydrogen-bond acceptors (Lipinski definition) is 3. The highest BCUT2D eigenvalue weighted by molar-refractivity contribution is 5.20. The molecular formula is C16H26FNO2. The van der Waals surface area contributed by atoms with Crippen molar-refractivity contribution >= 4 is 0 Å². The monoisotopic (exact) mass is 283 g/mol. The largest absolute Gasteiger partial charge is 0.396 e. The molecule has 0 fully saturated rings. The molecule has 1 atom stereocenters. The van der Waals surface area contributed by atoms with Crippen LogP contribution in [0.5, 0.6) is 0 Å². The van der Waals surface area contributed by atoms with E-state index in [2.05, 4.69) is 25.7 Å². The number of rotatable bonds is 7. The molecule has 0 spiro atoms. The lowest BCUT2D eigenvalue weighted by atomic mass is 9.95. The Hall–Kier alpha value is -0.970. The number of aliphatic hydroxyl groups is 2. The summed E-state index contributed by atoms with van der Waals surface area (Å²) < 4.78 is 13.7. The molecule has 0 amide bonds. The van der Waals surface area contributed by atoms with Gasteiger partial charge in [-0.1, -0.05) is 39.0 Å². The first-order valence-electron chi connectivity index (χ1n) is 7.09. The Bertz CT molecular complexity index is 404. The van der Waals surface area contributed by atoms with Gasteiger partial charge < -0.3 is 10.2 Å². The maximum Gasteiger partial charge on any atom is 0.129 e. The molecule has 114 valence electrons. The van der Waals surface area contributed by atoms with Gasteiger partial charge in [-0.3, -0.25) is 4.90 Å². The van der Waals surface area contributed by atoms with Gasteiger partial charge in [0.1, 0.15) is 5.82 Å². The van der Waals surface area contributed by atoms with Crippen LogP contribution in [0.4, 0.5) is 4.39 Å². The van der Waals surface area contributed by atoms with Crippen molar-refractivity contribution in [1.82, 2.24) is 4.90 Å². The number of nitrogens with zero attached hydrogens (tertiary/aromatic N) is 1.